The molecule has 0 unspecified atom stereocenters. The topological polar surface area (TPSA) is 82.4 Å². The molecule has 0 spiro atoms. The van der Waals surface area contributed by atoms with Gasteiger partial charge in [-0.1, -0.05) is 25.4 Å². The minimum Gasteiger partial charge on any atom is -0.310 e. The molecule has 1 aliphatic carbocycles. The van der Waals surface area contributed by atoms with Crippen molar-refractivity contribution in [3.05, 3.63) is 33.0 Å². The Bertz CT molecular complexity index is 756. The van der Waals surface area contributed by atoms with Gasteiger partial charge in [-0.25, -0.2) is 9.97 Å². The first kappa shape index (κ1) is 14.5. The summed E-state index contributed by atoms with van der Waals surface area (Å²) in [5.41, 5.74) is 0.140. The average molecular weight is 291 g/mol. The second-order valence-electron chi connectivity index (χ2n) is 4.54. The van der Waals surface area contributed by atoms with Crippen LogP contribution >= 0.6 is 11.6 Å². The number of rotatable bonds is 1. The molecule has 3 rings (SSSR count). The third kappa shape index (κ3) is 2.27. The summed E-state index contributed by atoms with van der Waals surface area (Å²) in [5.74, 6) is 0.491. The lowest BCUT2D eigenvalue weighted by molar-refractivity contribution is 0.899. The molecule has 20 heavy (non-hydrogen) atoms. The fraction of sp³-hybridized carbons (Fsp3) is 0.429. The third-order valence-electron chi connectivity index (χ3n) is 3.25. The zero-order chi connectivity index (χ0) is 14.9. The Morgan fingerprint density at radius 2 is 2.05 bits per heavy atom. The van der Waals surface area contributed by atoms with Crippen LogP contribution < -0.4 is 5.56 Å². The molecule has 1 saturated carbocycles. The van der Waals surface area contributed by atoms with Gasteiger partial charge >= 0.3 is 0 Å². The van der Waals surface area contributed by atoms with Gasteiger partial charge in [-0.2, -0.15) is 5.26 Å². The van der Waals surface area contributed by atoms with E-state index in [-0.39, 0.29) is 10.7 Å². The van der Waals surface area contributed by atoms with E-state index in [1.807, 2.05) is 13.8 Å². The normalized spacial score (nSPS) is 15.2. The van der Waals surface area contributed by atoms with Crippen LogP contribution in [0.25, 0.3) is 11.0 Å². The first-order valence-electron chi connectivity index (χ1n) is 6.55. The van der Waals surface area contributed by atoms with Gasteiger partial charge in [0.25, 0.3) is 5.56 Å². The molecule has 0 aliphatic heterocycles. The summed E-state index contributed by atoms with van der Waals surface area (Å²) in [6.45, 7) is 5.68. The van der Waals surface area contributed by atoms with Gasteiger partial charge in [-0.15, -0.1) is 0 Å². The molecule has 2 aromatic rings. The van der Waals surface area contributed by atoms with Crippen LogP contribution in [0.1, 0.15) is 38.1 Å². The summed E-state index contributed by atoms with van der Waals surface area (Å²) in [4.78, 5) is 22.7. The lowest BCUT2D eigenvalue weighted by Crippen LogP contribution is -2.13. The quantitative estimate of drug-likeness (QED) is 0.819. The Balaban J connectivity index is 0.000000704. The molecule has 0 amide bonds. The molecule has 1 aliphatic rings. The van der Waals surface area contributed by atoms with Gasteiger partial charge < -0.3 is 4.98 Å². The number of nitriles is 1. The van der Waals surface area contributed by atoms with E-state index in [2.05, 4.69) is 21.0 Å². The fourth-order valence-electron chi connectivity index (χ4n) is 2.05. The summed E-state index contributed by atoms with van der Waals surface area (Å²) in [7, 11) is 0. The van der Waals surface area contributed by atoms with Crippen molar-refractivity contribution in [2.24, 2.45) is 0 Å². The molecule has 1 fully saturated rings. The Kier molecular flexibility index (Phi) is 3.78. The van der Waals surface area contributed by atoms with Crippen molar-refractivity contribution in [3.8, 4) is 6.07 Å². The van der Waals surface area contributed by atoms with Gasteiger partial charge in [0.05, 0.1) is 16.9 Å². The number of aromatic nitrogens is 3. The molecule has 6 heteroatoms. The van der Waals surface area contributed by atoms with Crippen LogP contribution in [0.4, 0.5) is 0 Å². The zero-order valence-electron chi connectivity index (χ0n) is 11.6. The maximum Gasteiger partial charge on any atom is 0.260 e. The van der Waals surface area contributed by atoms with E-state index in [4.69, 9.17) is 11.6 Å². The number of H-pyrrole nitrogens is 1. The Morgan fingerprint density at radius 3 is 2.60 bits per heavy atom. The average Bonchev–Trinajstić information content (AvgIpc) is 3.21. The number of aromatic amines is 1. The highest BCUT2D eigenvalue weighted by Gasteiger charge is 2.47. The van der Waals surface area contributed by atoms with E-state index in [0.29, 0.717) is 22.4 Å². The Hall–Kier alpha value is -1.93. The number of halogens is 1. The van der Waals surface area contributed by atoms with Gasteiger partial charge in [0.1, 0.15) is 11.0 Å². The van der Waals surface area contributed by atoms with Crippen molar-refractivity contribution in [1.29, 1.82) is 5.26 Å². The van der Waals surface area contributed by atoms with Crippen LogP contribution in [0.3, 0.4) is 0 Å². The summed E-state index contributed by atoms with van der Waals surface area (Å²) < 4.78 is 0. The number of hydrogen-bond donors (Lipinski definition) is 1. The lowest BCUT2D eigenvalue weighted by atomic mass is 9.99. The van der Waals surface area contributed by atoms with Crippen LogP contribution in [0.5, 0.6) is 0 Å². The lowest BCUT2D eigenvalue weighted by Gasteiger charge is -2.09. The third-order valence-corrected chi connectivity index (χ3v) is 3.54. The van der Waals surface area contributed by atoms with E-state index < -0.39 is 5.41 Å². The predicted molar refractivity (Wildman–Crippen MR) is 77.8 cm³/mol. The molecule has 0 aromatic carbocycles. The largest absolute Gasteiger partial charge is 0.310 e. The smallest absolute Gasteiger partial charge is 0.260 e. The molecule has 5 nitrogen and oxygen atoms in total. The number of hydrogen-bond acceptors (Lipinski definition) is 4. The van der Waals surface area contributed by atoms with Crippen molar-refractivity contribution >= 4 is 22.6 Å². The zero-order valence-corrected chi connectivity index (χ0v) is 12.4. The molecule has 2 aromatic heterocycles. The number of nitrogens with one attached hydrogen (secondary N) is 1. The van der Waals surface area contributed by atoms with Crippen molar-refractivity contribution in [2.75, 3.05) is 0 Å². The van der Waals surface area contributed by atoms with Crippen molar-refractivity contribution < 1.29 is 0 Å². The molecule has 0 radical (unpaired) electrons. The monoisotopic (exact) mass is 290 g/mol. The first-order chi connectivity index (χ1) is 9.55. The Morgan fingerprint density at radius 1 is 1.40 bits per heavy atom. The maximum absolute atomic E-state index is 11.8. The minimum atomic E-state index is -0.560. The molecule has 0 atom stereocenters. The first-order valence-corrected chi connectivity index (χ1v) is 6.92. The second kappa shape index (κ2) is 5.22. The van der Waals surface area contributed by atoms with Crippen LogP contribution in [0.15, 0.2) is 10.9 Å². The minimum absolute atomic E-state index is 0.253. The number of fused-ring (bicyclic) bond motifs is 1. The molecule has 0 bridgehead atoms. The van der Waals surface area contributed by atoms with E-state index >= 15 is 0 Å². The van der Waals surface area contributed by atoms with Crippen LogP contribution in [0.2, 0.25) is 5.15 Å². The molecule has 1 N–H and O–H groups in total. The van der Waals surface area contributed by atoms with E-state index in [9.17, 15) is 10.1 Å². The van der Waals surface area contributed by atoms with Crippen molar-refractivity contribution in [3.63, 3.8) is 0 Å². The second-order valence-corrected chi connectivity index (χ2v) is 4.90. The highest BCUT2D eigenvalue weighted by atomic mass is 35.5. The Labute approximate surface area is 121 Å². The maximum atomic E-state index is 11.8. The summed E-state index contributed by atoms with van der Waals surface area (Å²) in [5, 5.41) is 9.82. The summed E-state index contributed by atoms with van der Waals surface area (Å²) >= 11 is 6.10. The van der Waals surface area contributed by atoms with Crippen molar-refractivity contribution in [2.45, 2.75) is 39.0 Å². The molecular formula is C14H15ClN4O. The van der Waals surface area contributed by atoms with E-state index in [1.54, 1.807) is 13.0 Å². The van der Waals surface area contributed by atoms with Crippen LogP contribution in [-0.4, -0.2) is 15.0 Å². The van der Waals surface area contributed by atoms with Gasteiger partial charge in [0, 0.05) is 5.56 Å². The van der Waals surface area contributed by atoms with Crippen molar-refractivity contribution in [1.82, 2.24) is 15.0 Å². The summed E-state index contributed by atoms with van der Waals surface area (Å²) in [6, 6.07) is 3.89. The number of aryl methyl sites for hydroxylation is 1. The molecule has 104 valence electrons. The van der Waals surface area contributed by atoms with E-state index in [1.165, 1.54) is 0 Å². The SMILES string of the molecule is CC.Cc1nc2nc(Cl)c(C3(C#N)CC3)cc2c(=O)[nH]1. The predicted octanol–water partition coefficient (Wildman–Crippen LogP) is 2.86. The van der Waals surface area contributed by atoms with Gasteiger partial charge in [-0.05, 0) is 25.8 Å². The molecular weight excluding hydrogens is 276 g/mol. The highest BCUT2D eigenvalue weighted by Crippen LogP contribution is 2.49. The standard InChI is InChI=1S/C12H9ClN4O.C2H6/c1-6-15-10-7(11(18)16-6)4-8(9(13)17-10)12(5-14)2-3-12;1-2/h4H,2-3H2,1H3,(H,15,16,17,18);1-2H3. The van der Waals surface area contributed by atoms with Crippen LogP contribution in [0, 0.1) is 18.3 Å². The molecule has 2 heterocycles. The van der Waals surface area contributed by atoms with Crippen LogP contribution in [-0.2, 0) is 5.41 Å². The fourth-order valence-corrected chi connectivity index (χ4v) is 2.37. The summed E-state index contributed by atoms with van der Waals surface area (Å²) in [6.07, 6.45) is 1.52. The highest BCUT2D eigenvalue weighted by molar-refractivity contribution is 6.30. The van der Waals surface area contributed by atoms with Gasteiger partial charge in [-0.3, -0.25) is 4.79 Å². The van der Waals surface area contributed by atoms with Gasteiger partial charge in [0.2, 0.25) is 0 Å². The number of pyridine rings is 1. The number of nitrogens with zero attached hydrogens (tertiary/aromatic N) is 3. The van der Waals surface area contributed by atoms with E-state index in [0.717, 1.165) is 12.8 Å². The molecule has 0 saturated heterocycles. The van der Waals surface area contributed by atoms with Gasteiger partial charge in [0.15, 0.2) is 5.65 Å².